The quantitative estimate of drug-likeness (QED) is 0.942. The molecule has 1 aromatic carbocycles. The Hall–Kier alpha value is -1.72. The van der Waals surface area contributed by atoms with Gasteiger partial charge in [-0.25, -0.2) is 4.39 Å². The summed E-state index contributed by atoms with van der Waals surface area (Å²) in [5, 5.41) is 7.01. The first-order valence-electron chi connectivity index (χ1n) is 6.52. The highest BCUT2D eigenvalue weighted by Gasteiger charge is 2.30. The van der Waals surface area contributed by atoms with Gasteiger partial charge >= 0.3 is 0 Å². The van der Waals surface area contributed by atoms with Crippen molar-refractivity contribution in [3.8, 4) is 0 Å². The SMILES string of the molecule is O=C1NCCN(Cc2ccsc2)[C@H]1c1ccc(F)cc1. The van der Waals surface area contributed by atoms with Gasteiger partial charge in [0.1, 0.15) is 11.9 Å². The van der Waals surface area contributed by atoms with Gasteiger partial charge in [0.15, 0.2) is 0 Å². The van der Waals surface area contributed by atoms with Crippen LogP contribution in [0.25, 0.3) is 0 Å². The summed E-state index contributed by atoms with van der Waals surface area (Å²) < 4.78 is 13.0. The molecule has 5 heteroatoms. The Balaban J connectivity index is 1.86. The average Bonchev–Trinajstić information content (AvgIpc) is 2.94. The number of carbonyl (C=O) groups is 1. The van der Waals surface area contributed by atoms with E-state index in [4.69, 9.17) is 0 Å². The van der Waals surface area contributed by atoms with Crippen molar-refractivity contribution in [1.29, 1.82) is 0 Å². The molecule has 0 saturated carbocycles. The number of thiophene rings is 1. The predicted octanol–water partition coefficient (Wildman–Crippen LogP) is 2.56. The van der Waals surface area contributed by atoms with E-state index in [-0.39, 0.29) is 17.8 Å². The first kappa shape index (κ1) is 13.3. The van der Waals surface area contributed by atoms with E-state index < -0.39 is 0 Å². The molecule has 0 bridgehead atoms. The number of hydrogen-bond donors (Lipinski definition) is 1. The summed E-state index contributed by atoms with van der Waals surface area (Å²) in [6.45, 7) is 2.18. The number of hydrogen-bond acceptors (Lipinski definition) is 3. The summed E-state index contributed by atoms with van der Waals surface area (Å²) >= 11 is 1.65. The minimum absolute atomic E-state index is 0.0157. The summed E-state index contributed by atoms with van der Waals surface area (Å²) in [6, 6.07) is 7.90. The molecule has 0 unspecified atom stereocenters. The molecule has 1 aromatic heterocycles. The monoisotopic (exact) mass is 290 g/mol. The molecule has 0 radical (unpaired) electrons. The van der Waals surface area contributed by atoms with Crippen LogP contribution in [0.4, 0.5) is 4.39 Å². The molecule has 1 aliphatic heterocycles. The maximum absolute atomic E-state index is 13.0. The molecule has 1 amide bonds. The van der Waals surface area contributed by atoms with E-state index in [1.54, 1.807) is 23.5 Å². The third-order valence-corrected chi connectivity index (χ3v) is 4.20. The molecular formula is C15H15FN2OS. The van der Waals surface area contributed by atoms with Gasteiger partial charge in [0, 0.05) is 19.6 Å². The molecule has 1 fully saturated rings. The van der Waals surface area contributed by atoms with Crippen LogP contribution >= 0.6 is 11.3 Å². The van der Waals surface area contributed by atoms with Gasteiger partial charge < -0.3 is 5.32 Å². The van der Waals surface area contributed by atoms with Crippen LogP contribution in [0, 0.1) is 5.82 Å². The number of halogens is 1. The largest absolute Gasteiger partial charge is 0.353 e. The van der Waals surface area contributed by atoms with Crippen LogP contribution < -0.4 is 5.32 Å². The van der Waals surface area contributed by atoms with Crippen LogP contribution in [-0.2, 0) is 11.3 Å². The number of piperazine rings is 1. The lowest BCUT2D eigenvalue weighted by Gasteiger charge is -2.35. The highest BCUT2D eigenvalue weighted by molar-refractivity contribution is 7.07. The second-order valence-electron chi connectivity index (χ2n) is 4.85. The van der Waals surface area contributed by atoms with E-state index >= 15 is 0 Å². The van der Waals surface area contributed by atoms with Gasteiger partial charge in [0.2, 0.25) is 5.91 Å². The van der Waals surface area contributed by atoms with Gasteiger partial charge in [0.05, 0.1) is 0 Å². The standard InChI is InChI=1S/C15H15FN2OS/c16-13-3-1-12(2-4-13)14-15(19)17-6-7-18(14)9-11-5-8-20-10-11/h1-5,8,10,14H,6-7,9H2,(H,17,19)/t14-/m0/s1. The summed E-state index contributed by atoms with van der Waals surface area (Å²) in [5.74, 6) is -0.299. The van der Waals surface area contributed by atoms with Crippen molar-refractivity contribution in [2.24, 2.45) is 0 Å². The van der Waals surface area contributed by atoms with Crippen molar-refractivity contribution >= 4 is 17.2 Å². The lowest BCUT2D eigenvalue weighted by atomic mass is 10.0. The van der Waals surface area contributed by atoms with Crippen molar-refractivity contribution in [1.82, 2.24) is 10.2 Å². The third kappa shape index (κ3) is 2.73. The number of benzene rings is 1. The molecule has 104 valence electrons. The maximum atomic E-state index is 13.0. The summed E-state index contributed by atoms with van der Waals surface area (Å²) in [5.41, 5.74) is 2.04. The van der Waals surface area contributed by atoms with E-state index in [0.717, 1.165) is 18.7 Å². The normalized spacial score (nSPS) is 19.9. The first-order valence-corrected chi connectivity index (χ1v) is 7.46. The first-order chi connectivity index (χ1) is 9.74. The Bertz CT molecular complexity index is 582. The number of nitrogens with zero attached hydrogens (tertiary/aromatic N) is 1. The lowest BCUT2D eigenvalue weighted by Crippen LogP contribution is -2.49. The minimum Gasteiger partial charge on any atom is -0.353 e. The number of nitrogens with one attached hydrogen (secondary N) is 1. The Morgan fingerprint density at radius 2 is 2.10 bits per heavy atom. The van der Waals surface area contributed by atoms with Crippen LogP contribution in [0.2, 0.25) is 0 Å². The van der Waals surface area contributed by atoms with Gasteiger partial charge in [-0.1, -0.05) is 12.1 Å². The van der Waals surface area contributed by atoms with Crippen molar-refractivity contribution in [2.45, 2.75) is 12.6 Å². The van der Waals surface area contributed by atoms with E-state index in [9.17, 15) is 9.18 Å². The highest BCUT2D eigenvalue weighted by atomic mass is 32.1. The molecule has 3 rings (SSSR count). The van der Waals surface area contributed by atoms with Crippen LogP contribution in [-0.4, -0.2) is 23.9 Å². The molecule has 1 atom stereocenters. The van der Waals surface area contributed by atoms with Crippen molar-refractivity contribution < 1.29 is 9.18 Å². The van der Waals surface area contributed by atoms with Gasteiger partial charge in [-0.15, -0.1) is 0 Å². The Morgan fingerprint density at radius 1 is 1.30 bits per heavy atom. The van der Waals surface area contributed by atoms with E-state index in [1.807, 2.05) is 5.38 Å². The van der Waals surface area contributed by atoms with Crippen LogP contribution in [0.1, 0.15) is 17.2 Å². The molecule has 2 aromatic rings. The van der Waals surface area contributed by atoms with Crippen LogP contribution in [0.15, 0.2) is 41.1 Å². The molecule has 2 heterocycles. The van der Waals surface area contributed by atoms with Crippen molar-refractivity contribution in [3.05, 3.63) is 58.0 Å². The fraction of sp³-hybridized carbons (Fsp3) is 0.267. The zero-order valence-electron chi connectivity index (χ0n) is 10.9. The topological polar surface area (TPSA) is 32.3 Å². The average molecular weight is 290 g/mol. The van der Waals surface area contributed by atoms with Gasteiger partial charge in [-0.3, -0.25) is 9.69 Å². The zero-order valence-corrected chi connectivity index (χ0v) is 11.7. The number of amides is 1. The zero-order chi connectivity index (χ0) is 13.9. The van der Waals surface area contributed by atoms with E-state index in [2.05, 4.69) is 21.7 Å². The maximum Gasteiger partial charge on any atom is 0.242 e. The number of carbonyl (C=O) groups excluding carboxylic acids is 1. The second kappa shape index (κ2) is 5.73. The fourth-order valence-corrected chi connectivity index (χ4v) is 3.17. The smallest absolute Gasteiger partial charge is 0.242 e. The fourth-order valence-electron chi connectivity index (χ4n) is 2.51. The minimum atomic E-state index is -0.343. The van der Waals surface area contributed by atoms with E-state index in [1.165, 1.54) is 17.7 Å². The molecule has 3 nitrogen and oxygen atoms in total. The summed E-state index contributed by atoms with van der Waals surface area (Å²) in [6.07, 6.45) is 0. The lowest BCUT2D eigenvalue weighted by molar-refractivity contribution is -0.129. The third-order valence-electron chi connectivity index (χ3n) is 3.46. The molecule has 1 saturated heterocycles. The Labute approximate surface area is 121 Å². The molecule has 1 aliphatic rings. The molecule has 1 N–H and O–H groups in total. The Kier molecular flexibility index (Phi) is 3.80. The summed E-state index contributed by atoms with van der Waals surface area (Å²) in [4.78, 5) is 14.3. The van der Waals surface area contributed by atoms with Gasteiger partial charge in [-0.05, 0) is 40.1 Å². The molecule has 0 spiro atoms. The second-order valence-corrected chi connectivity index (χ2v) is 5.63. The number of rotatable bonds is 3. The predicted molar refractivity (Wildman–Crippen MR) is 76.9 cm³/mol. The van der Waals surface area contributed by atoms with Crippen LogP contribution in [0.5, 0.6) is 0 Å². The van der Waals surface area contributed by atoms with Gasteiger partial charge in [0.25, 0.3) is 0 Å². The van der Waals surface area contributed by atoms with E-state index in [0.29, 0.717) is 6.54 Å². The highest BCUT2D eigenvalue weighted by Crippen LogP contribution is 2.25. The van der Waals surface area contributed by atoms with Gasteiger partial charge in [-0.2, -0.15) is 11.3 Å². The van der Waals surface area contributed by atoms with Crippen LogP contribution in [0.3, 0.4) is 0 Å². The van der Waals surface area contributed by atoms with Crippen molar-refractivity contribution in [3.63, 3.8) is 0 Å². The Morgan fingerprint density at radius 3 is 2.80 bits per heavy atom. The van der Waals surface area contributed by atoms with Crippen molar-refractivity contribution in [2.75, 3.05) is 13.1 Å². The molecular weight excluding hydrogens is 275 g/mol. The molecule has 0 aliphatic carbocycles. The summed E-state index contributed by atoms with van der Waals surface area (Å²) in [7, 11) is 0. The molecule has 20 heavy (non-hydrogen) atoms.